The van der Waals surface area contributed by atoms with Crippen LogP contribution in [0.25, 0.3) is 0 Å². The molecule has 4 rings (SSSR count). The molecule has 0 bridgehead atoms. The van der Waals surface area contributed by atoms with Gasteiger partial charge in [-0.2, -0.15) is 0 Å². The molecule has 2 atom stereocenters. The molecular weight excluding hydrogens is 290 g/mol. The highest BCUT2D eigenvalue weighted by Gasteiger charge is 2.37. The van der Waals surface area contributed by atoms with Gasteiger partial charge in [-0.3, -0.25) is 4.90 Å². The molecule has 0 radical (unpaired) electrons. The van der Waals surface area contributed by atoms with Crippen LogP contribution in [0.2, 0.25) is 0 Å². The Bertz CT molecular complexity index is 613. The minimum absolute atomic E-state index is 0.865. The van der Waals surface area contributed by atoms with Gasteiger partial charge in [0.1, 0.15) is 0 Å². The Morgan fingerprint density at radius 1 is 0.792 bits per heavy atom. The van der Waals surface area contributed by atoms with Crippen molar-refractivity contribution in [1.82, 2.24) is 4.90 Å². The lowest BCUT2D eigenvalue weighted by molar-refractivity contribution is 0.170. The molecular formula is C23H29N. The lowest BCUT2D eigenvalue weighted by Gasteiger charge is -2.32. The fraction of sp³-hybridized carbons (Fsp3) is 0.478. The smallest absolute Gasteiger partial charge is 0.0233 e. The van der Waals surface area contributed by atoms with Crippen LogP contribution >= 0.6 is 0 Å². The predicted octanol–water partition coefficient (Wildman–Crippen LogP) is 5.48. The first kappa shape index (κ1) is 15.9. The first-order valence-corrected chi connectivity index (χ1v) is 9.70. The molecule has 0 amide bonds. The van der Waals surface area contributed by atoms with Crippen molar-refractivity contribution >= 4 is 0 Å². The molecule has 0 aromatic heterocycles. The van der Waals surface area contributed by atoms with Crippen LogP contribution in [0, 0.1) is 11.8 Å². The fourth-order valence-corrected chi connectivity index (χ4v) is 4.40. The van der Waals surface area contributed by atoms with Crippen LogP contribution < -0.4 is 0 Å². The van der Waals surface area contributed by atoms with E-state index in [9.17, 15) is 0 Å². The molecule has 1 aliphatic heterocycles. The van der Waals surface area contributed by atoms with Crippen molar-refractivity contribution < 1.29 is 0 Å². The third kappa shape index (κ3) is 4.08. The van der Waals surface area contributed by atoms with E-state index in [1.54, 1.807) is 5.56 Å². The average molecular weight is 319 g/mol. The van der Waals surface area contributed by atoms with Gasteiger partial charge in [0.2, 0.25) is 0 Å². The Morgan fingerprint density at radius 3 is 2.17 bits per heavy atom. The minimum Gasteiger partial charge on any atom is -0.299 e. The quantitative estimate of drug-likeness (QED) is 0.681. The lowest BCUT2D eigenvalue weighted by Crippen LogP contribution is -2.33. The molecule has 1 heterocycles. The van der Waals surface area contributed by atoms with Crippen LogP contribution in [0.3, 0.4) is 0 Å². The number of nitrogens with zero attached hydrogens (tertiary/aromatic N) is 1. The first-order chi connectivity index (χ1) is 11.9. The number of hydrogen-bond donors (Lipinski definition) is 0. The summed E-state index contributed by atoms with van der Waals surface area (Å²) in [6, 6.07) is 22.0. The summed E-state index contributed by atoms with van der Waals surface area (Å²) < 4.78 is 0. The highest BCUT2D eigenvalue weighted by molar-refractivity contribution is 5.25. The number of hydrogen-bond acceptors (Lipinski definition) is 1. The van der Waals surface area contributed by atoms with E-state index in [0.717, 1.165) is 24.3 Å². The third-order valence-electron chi connectivity index (χ3n) is 6.05. The summed E-state index contributed by atoms with van der Waals surface area (Å²) in [5.74, 6) is 2.80. The van der Waals surface area contributed by atoms with E-state index < -0.39 is 0 Å². The molecule has 1 heteroatoms. The van der Waals surface area contributed by atoms with Crippen LogP contribution in [-0.2, 0) is 6.54 Å². The van der Waals surface area contributed by atoms with Crippen molar-refractivity contribution in [3.63, 3.8) is 0 Å². The molecule has 1 unspecified atom stereocenters. The molecule has 1 saturated heterocycles. The van der Waals surface area contributed by atoms with Crippen molar-refractivity contribution in [2.24, 2.45) is 11.8 Å². The van der Waals surface area contributed by atoms with Crippen molar-refractivity contribution in [2.75, 3.05) is 13.1 Å². The molecule has 1 aliphatic carbocycles. The maximum atomic E-state index is 2.63. The summed E-state index contributed by atoms with van der Waals surface area (Å²) in [7, 11) is 0. The standard InChI is InChI=1S/C23H29N/c1-3-7-20(8-4-1)18-24-15-13-19(14-16-24)11-12-22-17-23(22)21-9-5-2-6-10-21/h1-10,19,22-23H,11-18H2/t22-,23?/m0/s1. The Kier molecular flexibility index (Phi) is 4.99. The second kappa shape index (κ2) is 7.53. The van der Waals surface area contributed by atoms with Gasteiger partial charge in [0.05, 0.1) is 0 Å². The average Bonchev–Trinajstić information content (AvgIpc) is 3.43. The van der Waals surface area contributed by atoms with Gasteiger partial charge < -0.3 is 0 Å². The van der Waals surface area contributed by atoms with Crippen molar-refractivity contribution in [2.45, 2.75) is 44.6 Å². The van der Waals surface area contributed by atoms with Gasteiger partial charge in [-0.05, 0) is 67.7 Å². The van der Waals surface area contributed by atoms with Crippen molar-refractivity contribution in [3.8, 4) is 0 Å². The topological polar surface area (TPSA) is 3.24 Å². The van der Waals surface area contributed by atoms with E-state index in [2.05, 4.69) is 65.6 Å². The van der Waals surface area contributed by atoms with Gasteiger partial charge in [0.25, 0.3) is 0 Å². The maximum Gasteiger partial charge on any atom is 0.0233 e. The van der Waals surface area contributed by atoms with E-state index >= 15 is 0 Å². The summed E-state index contributed by atoms with van der Waals surface area (Å²) in [5.41, 5.74) is 3.03. The molecule has 1 nitrogen and oxygen atoms in total. The van der Waals surface area contributed by atoms with Gasteiger partial charge in [0, 0.05) is 6.54 Å². The molecule has 2 aromatic carbocycles. The minimum atomic E-state index is 0.865. The van der Waals surface area contributed by atoms with Crippen LogP contribution in [0.5, 0.6) is 0 Å². The Balaban J connectivity index is 1.17. The van der Waals surface area contributed by atoms with E-state index in [1.165, 1.54) is 50.8 Å². The maximum absolute atomic E-state index is 2.63. The molecule has 24 heavy (non-hydrogen) atoms. The van der Waals surface area contributed by atoms with Gasteiger partial charge >= 0.3 is 0 Å². The largest absolute Gasteiger partial charge is 0.299 e. The van der Waals surface area contributed by atoms with E-state index in [4.69, 9.17) is 0 Å². The second-order valence-electron chi connectivity index (χ2n) is 7.80. The lowest BCUT2D eigenvalue weighted by atomic mass is 9.90. The summed E-state index contributed by atoms with van der Waals surface area (Å²) in [4.78, 5) is 2.63. The molecule has 0 spiro atoms. The van der Waals surface area contributed by atoms with Crippen molar-refractivity contribution in [1.29, 1.82) is 0 Å². The summed E-state index contributed by atoms with van der Waals surface area (Å²) >= 11 is 0. The van der Waals surface area contributed by atoms with Crippen LogP contribution in [-0.4, -0.2) is 18.0 Å². The van der Waals surface area contributed by atoms with Gasteiger partial charge in [-0.25, -0.2) is 0 Å². The van der Waals surface area contributed by atoms with E-state index in [-0.39, 0.29) is 0 Å². The van der Waals surface area contributed by atoms with Crippen LogP contribution in [0.4, 0.5) is 0 Å². The number of benzene rings is 2. The molecule has 1 saturated carbocycles. The van der Waals surface area contributed by atoms with Crippen LogP contribution in [0.15, 0.2) is 60.7 Å². The number of likely N-dealkylation sites (tertiary alicyclic amines) is 1. The van der Waals surface area contributed by atoms with E-state index in [1.807, 2.05) is 0 Å². The Hall–Kier alpha value is -1.60. The summed E-state index contributed by atoms with van der Waals surface area (Å²) in [5, 5.41) is 0. The third-order valence-corrected chi connectivity index (χ3v) is 6.05. The fourth-order valence-electron chi connectivity index (χ4n) is 4.40. The first-order valence-electron chi connectivity index (χ1n) is 9.70. The SMILES string of the molecule is c1ccc(CN2CCC(CC[C@H]3CC3c3ccccc3)CC2)cc1. The van der Waals surface area contributed by atoms with Crippen LogP contribution in [0.1, 0.15) is 49.1 Å². The normalized spacial score (nSPS) is 24.8. The van der Waals surface area contributed by atoms with Gasteiger partial charge in [-0.1, -0.05) is 67.1 Å². The zero-order chi connectivity index (χ0) is 16.2. The molecule has 2 fully saturated rings. The van der Waals surface area contributed by atoms with Gasteiger partial charge in [-0.15, -0.1) is 0 Å². The second-order valence-corrected chi connectivity index (χ2v) is 7.80. The monoisotopic (exact) mass is 319 g/mol. The number of rotatable bonds is 6. The van der Waals surface area contributed by atoms with Crippen molar-refractivity contribution in [3.05, 3.63) is 71.8 Å². The molecule has 0 N–H and O–H groups in total. The zero-order valence-electron chi connectivity index (χ0n) is 14.6. The Morgan fingerprint density at radius 2 is 1.46 bits per heavy atom. The highest BCUT2D eigenvalue weighted by atomic mass is 15.1. The summed E-state index contributed by atoms with van der Waals surface area (Å²) in [6.07, 6.45) is 7.12. The highest BCUT2D eigenvalue weighted by Crippen LogP contribution is 2.50. The number of piperidine rings is 1. The summed E-state index contributed by atoms with van der Waals surface area (Å²) in [6.45, 7) is 3.70. The zero-order valence-corrected chi connectivity index (χ0v) is 14.6. The molecule has 2 aromatic rings. The van der Waals surface area contributed by atoms with E-state index in [0.29, 0.717) is 0 Å². The molecule has 2 aliphatic rings. The Labute approximate surface area is 146 Å². The molecule has 126 valence electrons. The van der Waals surface area contributed by atoms with Gasteiger partial charge in [0.15, 0.2) is 0 Å². The predicted molar refractivity (Wildman–Crippen MR) is 101 cm³/mol.